The Kier molecular flexibility index (Phi) is 3.67. The zero-order valence-electron chi connectivity index (χ0n) is 10.9. The molecule has 1 aliphatic rings. The van der Waals surface area contributed by atoms with Gasteiger partial charge in [-0.2, -0.15) is 0 Å². The van der Waals surface area contributed by atoms with Crippen molar-refractivity contribution in [2.45, 2.75) is 24.7 Å². The van der Waals surface area contributed by atoms with Crippen LogP contribution in [-0.2, 0) is 10.0 Å². The summed E-state index contributed by atoms with van der Waals surface area (Å²) in [6.45, 7) is 2.36. The smallest absolute Gasteiger partial charge is 0.293 e. The minimum Gasteiger partial charge on any atom is -0.318 e. The molecule has 9 heteroatoms. The van der Waals surface area contributed by atoms with E-state index < -0.39 is 14.9 Å². The van der Waals surface area contributed by atoms with Crippen LogP contribution in [0.4, 0.5) is 11.4 Å². The topological polar surface area (TPSA) is 127 Å². The maximum absolute atomic E-state index is 12.1. The van der Waals surface area contributed by atoms with Crippen LogP contribution in [0.2, 0.25) is 0 Å². The van der Waals surface area contributed by atoms with Crippen molar-refractivity contribution >= 4 is 21.4 Å². The monoisotopic (exact) mass is 300 g/mol. The molecule has 1 fully saturated rings. The Labute approximate surface area is 116 Å². The van der Waals surface area contributed by atoms with E-state index in [4.69, 9.17) is 5.84 Å². The molecule has 20 heavy (non-hydrogen) atoms. The number of rotatable bonds is 6. The van der Waals surface area contributed by atoms with E-state index in [-0.39, 0.29) is 21.7 Å². The first kappa shape index (κ1) is 14.7. The molecule has 0 bridgehead atoms. The lowest BCUT2D eigenvalue weighted by molar-refractivity contribution is -0.384. The quantitative estimate of drug-likeness (QED) is 0.408. The van der Waals surface area contributed by atoms with E-state index in [0.29, 0.717) is 6.54 Å². The largest absolute Gasteiger partial charge is 0.318 e. The summed E-state index contributed by atoms with van der Waals surface area (Å²) >= 11 is 0. The molecule has 0 saturated heterocycles. The Balaban J connectivity index is 2.25. The number of hydrogen-bond donors (Lipinski definition) is 3. The highest BCUT2D eigenvalue weighted by atomic mass is 32.2. The van der Waals surface area contributed by atoms with Crippen LogP contribution in [-0.4, -0.2) is 19.9 Å². The SMILES string of the molecule is CC1(CNS(=O)(=O)c2ccc([N+](=O)[O-])c(NN)c2)CC1. The highest BCUT2D eigenvalue weighted by Crippen LogP contribution is 2.44. The third-order valence-electron chi connectivity index (χ3n) is 3.42. The summed E-state index contributed by atoms with van der Waals surface area (Å²) in [7, 11) is -3.70. The summed E-state index contributed by atoms with van der Waals surface area (Å²) in [6.07, 6.45) is 1.98. The van der Waals surface area contributed by atoms with Gasteiger partial charge < -0.3 is 5.43 Å². The van der Waals surface area contributed by atoms with Crippen molar-refractivity contribution in [2.75, 3.05) is 12.0 Å². The maximum atomic E-state index is 12.1. The molecule has 0 heterocycles. The van der Waals surface area contributed by atoms with Crippen molar-refractivity contribution in [3.63, 3.8) is 0 Å². The summed E-state index contributed by atoms with van der Waals surface area (Å²) < 4.78 is 26.7. The second-order valence-corrected chi connectivity index (χ2v) is 6.98. The number of hydrazine groups is 1. The average molecular weight is 300 g/mol. The van der Waals surface area contributed by atoms with E-state index in [9.17, 15) is 18.5 Å². The van der Waals surface area contributed by atoms with Crippen LogP contribution in [0.5, 0.6) is 0 Å². The van der Waals surface area contributed by atoms with E-state index in [2.05, 4.69) is 10.1 Å². The molecule has 4 N–H and O–H groups in total. The van der Waals surface area contributed by atoms with E-state index in [1.54, 1.807) is 0 Å². The lowest BCUT2D eigenvalue weighted by atomic mass is 10.2. The standard InChI is InChI=1S/C11H16N4O4S/c1-11(4-5-11)7-13-20(18,19)8-2-3-10(15(16)17)9(6-8)14-12/h2-3,6,13-14H,4-5,7,12H2,1H3. The normalized spacial score (nSPS) is 16.7. The molecule has 0 unspecified atom stereocenters. The third-order valence-corrected chi connectivity index (χ3v) is 4.82. The van der Waals surface area contributed by atoms with Crippen LogP contribution >= 0.6 is 0 Å². The Morgan fingerprint density at radius 1 is 1.45 bits per heavy atom. The van der Waals surface area contributed by atoms with Crippen molar-refractivity contribution in [1.29, 1.82) is 0 Å². The van der Waals surface area contributed by atoms with E-state index in [1.165, 1.54) is 6.07 Å². The van der Waals surface area contributed by atoms with Gasteiger partial charge in [0.15, 0.2) is 0 Å². The van der Waals surface area contributed by atoms with Crippen molar-refractivity contribution < 1.29 is 13.3 Å². The molecule has 1 saturated carbocycles. The van der Waals surface area contributed by atoms with Gasteiger partial charge in [0.1, 0.15) is 5.69 Å². The number of sulfonamides is 1. The summed E-state index contributed by atoms with van der Waals surface area (Å²) in [4.78, 5) is 10.1. The summed E-state index contributed by atoms with van der Waals surface area (Å²) in [5.74, 6) is 5.18. The van der Waals surface area contributed by atoms with Gasteiger partial charge in [-0.1, -0.05) is 6.92 Å². The molecule has 2 rings (SSSR count). The molecule has 110 valence electrons. The third kappa shape index (κ3) is 3.06. The summed E-state index contributed by atoms with van der Waals surface area (Å²) in [5.41, 5.74) is 1.85. The van der Waals surface area contributed by atoms with Crippen LogP contribution in [0.15, 0.2) is 23.1 Å². The van der Waals surface area contributed by atoms with Crippen molar-refractivity contribution in [2.24, 2.45) is 11.3 Å². The molecule has 0 aliphatic heterocycles. The highest BCUT2D eigenvalue weighted by molar-refractivity contribution is 7.89. The molecule has 0 aromatic heterocycles. The predicted molar refractivity (Wildman–Crippen MR) is 73.4 cm³/mol. The van der Waals surface area contributed by atoms with Gasteiger partial charge in [0.05, 0.1) is 9.82 Å². The minimum absolute atomic E-state index is 0.0306. The number of hydrogen-bond acceptors (Lipinski definition) is 6. The summed E-state index contributed by atoms with van der Waals surface area (Å²) in [6, 6.07) is 3.45. The van der Waals surface area contributed by atoms with E-state index in [1.807, 2.05) is 6.92 Å². The predicted octanol–water partition coefficient (Wildman–Crippen LogP) is 0.959. The van der Waals surface area contributed by atoms with Gasteiger partial charge in [0.2, 0.25) is 10.0 Å². The number of nitro groups is 1. The molecule has 1 aromatic carbocycles. The second-order valence-electron chi connectivity index (χ2n) is 5.22. The Hall–Kier alpha value is -1.71. The highest BCUT2D eigenvalue weighted by Gasteiger charge is 2.38. The van der Waals surface area contributed by atoms with Gasteiger partial charge in [-0.3, -0.25) is 16.0 Å². The number of anilines is 1. The van der Waals surface area contributed by atoms with Crippen LogP contribution in [0.25, 0.3) is 0 Å². The first-order valence-corrected chi connectivity index (χ1v) is 7.50. The number of nitrogens with two attached hydrogens (primary N) is 1. The van der Waals surface area contributed by atoms with E-state index >= 15 is 0 Å². The average Bonchev–Trinajstić information content (AvgIpc) is 3.14. The fourth-order valence-corrected chi connectivity index (χ4v) is 2.93. The second kappa shape index (κ2) is 5.00. The van der Waals surface area contributed by atoms with Gasteiger partial charge >= 0.3 is 0 Å². The number of nitro benzene ring substituents is 1. The van der Waals surface area contributed by atoms with Gasteiger partial charge in [0, 0.05) is 12.6 Å². The first-order valence-electron chi connectivity index (χ1n) is 6.02. The number of benzene rings is 1. The lowest BCUT2D eigenvalue weighted by Gasteiger charge is -2.11. The zero-order chi connectivity index (χ0) is 15.0. The molecule has 1 aliphatic carbocycles. The van der Waals surface area contributed by atoms with Crippen molar-refractivity contribution in [1.82, 2.24) is 4.72 Å². The van der Waals surface area contributed by atoms with Crippen LogP contribution in [0.3, 0.4) is 0 Å². The maximum Gasteiger partial charge on any atom is 0.293 e. The molecule has 0 spiro atoms. The fraction of sp³-hybridized carbons (Fsp3) is 0.455. The van der Waals surface area contributed by atoms with Crippen molar-refractivity contribution in [3.8, 4) is 0 Å². The Morgan fingerprint density at radius 3 is 2.60 bits per heavy atom. The number of nitrogens with one attached hydrogen (secondary N) is 2. The molecular formula is C11H16N4O4S. The van der Waals surface area contributed by atoms with Crippen LogP contribution < -0.4 is 16.0 Å². The first-order chi connectivity index (χ1) is 9.27. The lowest BCUT2D eigenvalue weighted by Crippen LogP contribution is -2.29. The molecule has 8 nitrogen and oxygen atoms in total. The number of nitrogen functional groups attached to an aromatic ring is 1. The van der Waals surface area contributed by atoms with Crippen LogP contribution in [0.1, 0.15) is 19.8 Å². The number of nitrogens with zero attached hydrogens (tertiary/aromatic N) is 1. The van der Waals surface area contributed by atoms with Gasteiger partial charge in [-0.25, -0.2) is 13.1 Å². The van der Waals surface area contributed by atoms with Gasteiger partial charge in [-0.05, 0) is 30.4 Å². The Bertz CT molecular complexity index is 640. The zero-order valence-corrected chi connectivity index (χ0v) is 11.7. The molecule has 0 atom stereocenters. The van der Waals surface area contributed by atoms with Gasteiger partial charge in [0.25, 0.3) is 5.69 Å². The van der Waals surface area contributed by atoms with Crippen LogP contribution in [0, 0.1) is 15.5 Å². The molecular weight excluding hydrogens is 284 g/mol. The Morgan fingerprint density at radius 2 is 2.10 bits per heavy atom. The van der Waals surface area contributed by atoms with Crippen molar-refractivity contribution in [3.05, 3.63) is 28.3 Å². The summed E-state index contributed by atoms with van der Waals surface area (Å²) in [5, 5.41) is 10.8. The molecule has 0 radical (unpaired) electrons. The molecule has 1 aromatic rings. The minimum atomic E-state index is -3.70. The van der Waals surface area contributed by atoms with E-state index in [0.717, 1.165) is 25.0 Å². The fourth-order valence-electron chi connectivity index (χ4n) is 1.70. The van der Waals surface area contributed by atoms with Gasteiger partial charge in [-0.15, -0.1) is 0 Å². The molecule has 0 amide bonds.